The number of carbonyl (C=O) groups is 4. The number of aliphatic carboxylic acids is 1. The summed E-state index contributed by atoms with van der Waals surface area (Å²) in [7, 11) is 0. The average Bonchev–Trinajstić information content (AvgIpc) is 2.71. The highest BCUT2D eigenvalue weighted by molar-refractivity contribution is 7.80. The zero-order valence-electron chi connectivity index (χ0n) is 19.2. The summed E-state index contributed by atoms with van der Waals surface area (Å²) in [6.07, 6.45) is -0.674. The van der Waals surface area contributed by atoms with Gasteiger partial charge in [-0.2, -0.15) is 12.6 Å². The number of guanidine groups is 1. The quantitative estimate of drug-likeness (QED) is 0.0499. The number of carboxylic acid groups (broad SMARTS) is 1. The molecule has 3 amide bonds. The summed E-state index contributed by atoms with van der Waals surface area (Å²) in [4.78, 5) is 53.0. The van der Waals surface area contributed by atoms with Crippen molar-refractivity contribution in [1.82, 2.24) is 16.0 Å². The van der Waals surface area contributed by atoms with Crippen molar-refractivity contribution in [3.63, 3.8) is 0 Å². The van der Waals surface area contributed by atoms with E-state index < -0.39 is 54.0 Å². The molecule has 0 heterocycles. The van der Waals surface area contributed by atoms with E-state index in [0.717, 1.165) is 0 Å². The van der Waals surface area contributed by atoms with E-state index in [1.54, 1.807) is 0 Å². The number of rotatable bonds is 15. The summed E-state index contributed by atoms with van der Waals surface area (Å²) in [5, 5.41) is 26.1. The Morgan fingerprint density at radius 3 is 1.97 bits per heavy atom. The molecule has 5 unspecified atom stereocenters. The summed E-state index contributed by atoms with van der Waals surface area (Å²) in [6, 6.07) is -4.65. The van der Waals surface area contributed by atoms with Gasteiger partial charge in [-0.15, -0.1) is 0 Å². The SMILES string of the molecule is CC(C)CC(NC(=O)C(CCCN=C(N)N)NC(=O)C(N)CS)C(=O)NC(C(=O)O)C(C)O. The van der Waals surface area contributed by atoms with Gasteiger partial charge < -0.3 is 43.4 Å². The minimum Gasteiger partial charge on any atom is -0.480 e. The molecule has 0 radical (unpaired) electrons. The molecule has 5 atom stereocenters. The maximum Gasteiger partial charge on any atom is 0.328 e. The highest BCUT2D eigenvalue weighted by atomic mass is 32.1. The number of amides is 3. The number of thiol groups is 1. The monoisotopic (exact) mass is 491 g/mol. The predicted octanol–water partition coefficient (Wildman–Crippen LogP) is -2.74. The number of nitrogens with zero attached hydrogens (tertiary/aromatic N) is 1. The Labute approximate surface area is 198 Å². The maximum atomic E-state index is 13.0. The summed E-state index contributed by atoms with van der Waals surface area (Å²) >= 11 is 3.97. The van der Waals surface area contributed by atoms with Crippen LogP contribution < -0.4 is 33.2 Å². The Kier molecular flexibility index (Phi) is 14.1. The highest BCUT2D eigenvalue weighted by Crippen LogP contribution is 2.08. The molecule has 0 aromatic heterocycles. The fourth-order valence-electron chi connectivity index (χ4n) is 2.75. The molecule has 0 fully saturated rings. The molecular formula is C19H37N7O6S. The van der Waals surface area contributed by atoms with Crippen LogP contribution in [-0.4, -0.2) is 82.4 Å². The number of hydrogen-bond donors (Lipinski definition) is 9. The van der Waals surface area contributed by atoms with Crippen LogP contribution in [0.15, 0.2) is 4.99 Å². The second-order valence-corrected chi connectivity index (χ2v) is 8.42. The lowest BCUT2D eigenvalue weighted by atomic mass is 10.0. The van der Waals surface area contributed by atoms with Gasteiger partial charge in [0, 0.05) is 12.3 Å². The molecule has 14 heteroatoms. The van der Waals surface area contributed by atoms with E-state index in [2.05, 4.69) is 33.6 Å². The van der Waals surface area contributed by atoms with E-state index in [1.807, 2.05) is 13.8 Å². The molecule has 0 rings (SSSR count). The molecule has 0 saturated carbocycles. The molecule has 0 bridgehead atoms. The topological polar surface area (TPSA) is 235 Å². The van der Waals surface area contributed by atoms with Crippen LogP contribution >= 0.6 is 12.6 Å². The van der Waals surface area contributed by atoms with Crippen molar-refractivity contribution < 1.29 is 29.4 Å². The number of hydrogen-bond acceptors (Lipinski definition) is 8. The molecule has 0 aliphatic heterocycles. The molecule has 13 nitrogen and oxygen atoms in total. The van der Waals surface area contributed by atoms with Gasteiger partial charge in [0.05, 0.1) is 12.1 Å². The molecule has 0 saturated heterocycles. The van der Waals surface area contributed by atoms with Gasteiger partial charge in [0.2, 0.25) is 17.7 Å². The molecule has 0 spiro atoms. The van der Waals surface area contributed by atoms with Crippen LogP contribution in [0.1, 0.15) is 40.0 Å². The van der Waals surface area contributed by atoms with Crippen LogP contribution in [0.4, 0.5) is 0 Å². The highest BCUT2D eigenvalue weighted by Gasteiger charge is 2.32. The van der Waals surface area contributed by atoms with Crippen LogP contribution in [0.3, 0.4) is 0 Å². The first kappa shape index (κ1) is 30.4. The number of carboxylic acids is 1. The van der Waals surface area contributed by atoms with Gasteiger partial charge in [-0.05, 0) is 32.1 Å². The van der Waals surface area contributed by atoms with E-state index >= 15 is 0 Å². The van der Waals surface area contributed by atoms with Gasteiger partial charge >= 0.3 is 5.97 Å². The fourth-order valence-corrected chi connectivity index (χ4v) is 2.92. The summed E-state index contributed by atoms with van der Waals surface area (Å²) < 4.78 is 0. The second kappa shape index (κ2) is 15.3. The molecule has 0 aliphatic rings. The number of nitrogens with one attached hydrogen (secondary N) is 3. The van der Waals surface area contributed by atoms with E-state index in [0.29, 0.717) is 6.42 Å². The second-order valence-electron chi connectivity index (χ2n) is 8.05. The normalized spacial score (nSPS) is 15.5. The maximum absolute atomic E-state index is 13.0. The first-order chi connectivity index (χ1) is 15.3. The molecule has 11 N–H and O–H groups in total. The lowest BCUT2D eigenvalue weighted by molar-refractivity contribution is -0.145. The van der Waals surface area contributed by atoms with Gasteiger partial charge in [0.1, 0.15) is 12.1 Å². The molecule has 0 aromatic rings. The Hall–Kier alpha value is -2.58. The van der Waals surface area contributed by atoms with Gasteiger partial charge in [0.25, 0.3) is 0 Å². The van der Waals surface area contributed by atoms with Crippen LogP contribution in [0.25, 0.3) is 0 Å². The predicted molar refractivity (Wildman–Crippen MR) is 126 cm³/mol. The van der Waals surface area contributed by atoms with Gasteiger partial charge in [-0.25, -0.2) is 4.79 Å². The fraction of sp³-hybridized carbons (Fsp3) is 0.737. The van der Waals surface area contributed by atoms with Crippen molar-refractivity contribution in [2.75, 3.05) is 12.3 Å². The Morgan fingerprint density at radius 2 is 1.52 bits per heavy atom. The first-order valence-corrected chi connectivity index (χ1v) is 11.2. The Morgan fingerprint density at radius 1 is 0.970 bits per heavy atom. The third-order valence-corrected chi connectivity index (χ3v) is 4.89. The van der Waals surface area contributed by atoms with Gasteiger partial charge in [-0.1, -0.05) is 13.8 Å². The zero-order valence-corrected chi connectivity index (χ0v) is 20.0. The van der Waals surface area contributed by atoms with Crippen molar-refractivity contribution in [3.8, 4) is 0 Å². The molecular weight excluding hydrogens is 454 g/mol. The molecule has 0 aromatic carbocycles. The van der Waals surface area contributed by atoms with Crippen molar-refractivity contribution in [3.05, 3.63) is 0 Å². The van der Waals surface area contributed by atoms with Crippen LogP contribution in [-0.2, 0) is 19.2 Å². The zero-order chi connectivity index (χ0) is 25.7. The molecule has 0 aliphatic carbocycles. The number of carbonyl (C=O) groups excluding carboxylic acids is 3. The van der Waals surface area contributed by atoms with Crippen molar-refractivity contribution in [2.45, 2.75) is 70.3 Å². The number of nitrogens with two attached hydrogens (primary N) is 3. The van der Waals surface area contributed by atoms with Crippen LogP contribution in [0.2, 0.25) is 0 Å². The average molecular weight is 492 g/mol. The van der Waals surface area contributed by atoms with E-state index in [-0.39, 0.29) is 37.0 Å². The Balaban J connectivity index is 5.52. The lowest BCUT2D eigenvalue weighted by Crippen LogP contribution is -2.58. The Bertz CT molecular complexity index is 700. The number of aliphatic imine (C=N–C) groups is 1. The standard InChI is InChI=1S/C19H37N7O6S/c1-9(2)7-13(17(30)26-14(10(3)27)18(31)32)25-16(29)12(5-4-6-23-19(21)22)24-15(28)11(20)8-33/h9-14,27,33H,4-8,20H2,1-3H3,(H,24,28)(H,25,29)(H,26,30)(H,31,32)(H4,21,22,23). The number of aliphatic hydroxyl groups is 1. The summed E-state index contributed by atoms with van der Waals surface area (Å²) in [5.41, 5.74) is 16.2. The van der Waals surface area contributed by atoms with Crippen molar-refractivity contribution in [1.29, 1.82) is 0 Å². The third kappa shape index (κ3) is 12.3. The summed E-state index contributed by atoms with van der Waals surface area (Å²) in [6.45, 7) is 5.07. The van der Waals surface area contributed by atoms with Crippen molar-refractivity contribution >= 4 is 42.3 Å². The third-order valence-electron chi connectivity index (χ3n) is 4.50. The lowest BCUT2D eigenvalue weighted by Gasteiger charge is -2.26. The first-order valence-electron chi connectivity index (χ1n) is 10.5. The number of aliphatic hydroxyl groups excluding tert-OH is 1. The van der Waals surface area contributed by atoms with Gasteiger partial charge in [0.15, 0.2) is 12.0 Å². The molecule has 33 heavy (non-hydrogen) atoms. The smallest absolute Gasteiger partial charge is 0.328 e. The van der Waals surface area contributed by atoms with E-state index in [9.17, 15) is 29.4 Å². The van der Waals surface area contributed by atoms with E-state index in [1.165, 1.54) is 6.92 Å². The van der Waals surface area contributed by atoms with E-state index in [4.69, 9.17) is 17.2 Å². The minimum absolute atomic E-state index is 0.0385. The van der Waals surface area contributed by atoms with Crippen molar-refractivity contribution in [2.24, 2.45) is 28.1 Å². The minimum atomic E-state index is -1.55. The summed E-state index contributed by atoms with van der Waals surface area (Å²) in [5.74, 6) is -3.55. The van der Waals surface area contributed by atoms with Gasteiger partial charge in [-0.3, -0.25) is 19.4 Å². The van der Waals surface area contributed by atoms with Crippen LogP contribution in [0, 0.1) is 5.92 Å². The van der Waals surface area contributed by atoms with Crippen LogP contribution in [0.5, 0.6) is 0 Å². The molecule has 190 valence electrons. The largest absolute Gasteiger partial charge is 0.480 e.